The van der Waals surface area contributed by atoms with Crippen molar-refractivity contribution < 1.29 is 14.3 Å². The average Bonchev–Trinajstić information content (AvgIpc) is 2.90. The van der Waals surface area contributed by atoms with Crippen LogP contribution in [0.4, 0.5) is 4.39 Å². The number of halogens is 1. The Labute approximate surface area is 117 Å². The molecule has 0 unspecified atom stereocenters. The van der Waals surface area contributed by atoms with Crippen LogP contribution in [0.2, 0.25) is 0 Å². The number of nitrogens with zero attached hydrogens (tertiary/aromatic N) is 4. The van der Waals surface area contributed by atoms with Gasteiger partial charge in [0.15, 0.2) is 0 Å². The summed E-state index contributed by atoms with van der Waals surface area (Å²) in [6.07, 6.45) is 0. The lowest BCUT2D eigenvalue weighted by molar-refractivity contribution is 0.0699. The zero-order valence-electron chi connectivity index (χ0n) is 10.5. The lowest BCUT2D eigenvalue weighted by Gasteiger charge is -2.05. The molecule has 102 valence electrons. The molecule has 3 rings (SSSR count). The topological polar surface area (TPSA) is 91.8 Å². The van der Waals surface area contributed by atoms with Crippen LogP contribution in [0.1, 0.15) is 15.9 Å². The van der Waals surface area contributed by atoms with E-state index in [1.807, 2.05) is 0 Å². The molecule has 3 aromatic rings. The maximum Gasteiger partial charge on any atom is 0.338 e. The molecule has 0 saturated heterocycles. The summed E-state index contributed by atoms with van der Waals surface area (Å²) < 4.78 is 14.9. The van der Waals surface area contributed by atoms with Gasteiger partial charge in [-0.3, -0.25) is 0 Å². The monoisotopic (exact) mass is 282 g/mol. The molecule has 0 aliphatic carbocycles. The number of aromatic carboxylic acids is 1. The molecule has 0 atom stereocenters. The normalized spacial score (nSPS) is 10.5. The van der Waals surface area contributed by atoms with E-state index in [9.17, 15) is 9.18 Å². The van der Waals surface area contributed by atoms with Crippen LogP contribution in [0.15, 0.2) is 36.4 Å². The van der Waals surface area contributed by atoms with Crippen molar-refractivity contribution in [1.82, 2.24) is 15.0 Å². The number of carboxylic acids is 1. The maximum absolute atomic E-state index is 13.7. The van der Waals surface area contributed by atoms with Gasteiger partial charge in [-0.15, -0.1) is 5.10 Å². The lowest BCUT2D eigenvalue weighted by Crippen LogP contribution is -2.02. The number of carboxylic acid groups (broad SMARTS) is 1. The van der Waals surface area contributed by atoms with Gasteiger partial charge in [0, 0.05) is 0 Å². The Morgan fingerprint density at radius 2 is 2.05 bits per heavy atom. The van der Waals surface area contributed by atoms with E-state index in [1.165, 1.54) is 35.0 Å². The summed E-state index contributed by atoms with van der Waals surface area (Å²) in [4.78, 5) is 11.1. The molecule has 0 aliphatic heterocycles. The van der Waals surface area contributed by atoms with Crippen molar-refractivity contribution >= 4 is 17.0 Å². The smallest absolute Gasteiger partial charge is 0.338 e. The minimum absolute atomic E-state index is 0.00587. The molecule has 0 radical (unpaired) electrons. The Morgan fingerprint density at radius 3 is 2.76 bits per heavy atom. The highest BCUT2D eigenvalue weighted by Gasteiger charge is 2.17. The number of carbonyl (C=O) groups is 1. The lowest BCUT2D eigenvalue weighted by atomic mass is 10.1. The van der Waals surface area contributed by atoms with Crippen LogP contribution in [0.25, 0.3) is 16.7 Å². The third-order valence-electron chi connectivity index (χ3n) is 3.04. The van der Waals surface area contributed by atoms with Crippen molar-refractivity contribution in [2.24, 2.45) is 0 Å². The highest BCUT2D eigenvalue weighted by atomic mass is 19.1. The number of aromatic nitrogens is 3. The maximum atomic E-state index is 13.7. The Morgan fingerprint density at radius 1 is 1.29 bits per heavy atom. The standard InChI is InChI=1S/C14H7FN4O2/c15-10-4-2-5-11(9(10)7-16)19-12-6-1-3-8(14(20)21)13(12)17-18-19/h1-6H,(H,20,21). The van der Waals surface area contributed by atoms with Crippen LogP contribution in [0.3, 0.4) is 0 Å². The highest BCUT2D eigenvalue weighted by molar-refractivity contribution is 6.01. The molecular formula is C14H7FN4O2. The number of hydrogen-bond acceptors (Lipinski definition) is 4. The van der Waals surface area contributed by atoms with E-state index in [1.54, 1.807) is 12.1 Å². The molecule has 1 aromatic heterocycles. The van der Waals surface area contributed by atoms with Crippen LogP contribution in [-0.4, -0.2) is 26.1 Å². The molecule has 0 fully saturated rings. The number of fused-ring (bicyclic) bond motifs is 1. The fraction of sp³-hybridized carbons (Fsp3) is 0. The predicted octanol–water partition coefficient (Wildman–Crippen LogP) is 2.13. The number of rotatable bonds is 2. The first-order valence-electron chi connectivity index (χ1n) is 5.90. The first-order chi connectivity index (χ1) is 10.1. The Bertz CT molecular complexity index is 911. The average molecular weight is 282 g/mol. The summed E-state index contributed by atoms with van der Waals surface area (Å²) in [7, 11) is 0. The summed E-state index contributed by atoms with van der Waals surface area (Å²) in [6, 6.07) is 10.5. The first kappa shape index (κ1) is 12.7. The van der Waals surface area contributed by atoms with Crippen molar-refractivity contribution in [3.63, 3.8) is 0 Å². The van der Waals surface area contributed by atoms with E-state index in [0.717, 1.165) is 0 Å². The molecule has 0 saturated carbocycles. The number of benzene rings is 2. The van der Waals surface area contributed by atoms with E-state index < -0.39 is 11.8 Å². The van der Waals surface area contributed by atoms with Gasteiger partial charge in [-0.05, 0) is 24.3 Å². The van der Waals surface area contributed by atoms with Crippen LogP contribution in [0.5, 0.6) is 0 Å². The van der Waals surface area contributed by atoms with E-state index in [0.29, 0.717) is 5.52 Å². The van der Waals surface area contributed by atoms with Crippen molar-refractivity contribution in [3.05, 3.63) is 53.3 Å². The van der Waals surface area contributed by atoms with Gasteiger partial charge in [-0.2, -0.15) is 5.26 Å². The molecule has 7 heteroatoms. The van der Waals surface area contributed by atoms with Crippen molar-refractivity contribution in [1.29, 1.82) is 5.26 Å². The molecule has 0 spiro atoms. The molecule has 0 amide bonds. The second kappa shape index (κ2) is 4.68. The Kier molecular flexibility index (Phi) is 2.84. The van der Waals surface area contributed by atoms with E-state index in [2.05, 4.69) is 10.3 Å². The number of hydrogen-bond donors (Lipinski definition) is 1. The summed E-state index contributed by atoms with van der Waals surface area (Å²) in [5.41, 5.74) is 0.594. The minimum Gasteiger partial charge on any atom is -0.478 e. The first-order valence-corrected chi connectivity index (χ1v) is 5.90. The summed E-state index contributed by atoms with van der Waals surface area (Å²) in [5.74, 6) is -1.81. The molecular weight excluding hydrogens is 275 g/mol. The quantitative estimate of drug-likeness (QED) is 0.777. The Hall–Kier alpha value is -3.27. The van der Waals surface area contributed by atoms with Gasteiger partial charge >= 0.3 is 5.97 Å². The van der Waals surface area contributed by atoms with Crippen LogP contribution < -0.4 is 0 Å². The van der Waals surface area contributed by atoms with Gasteiger partial charge in [-0.1, -0.05) is 17.3 Å². The van der Waals surface area contributed by atoms with E-state index in [-0.39, 0.29) is 22.3 Å². The van der Waals surface area contributed by atoms with Gasteiger partial charge in [0.05, 0.1) is 16.8 Å². The number of nitriles is 1. The summed E-state index contributed by atoms with van der Waals surface area (Å²) in [6.45, 7) is 0. The molecule has 6 nitrogen and oxygen atoms in total. The Balaban J connectivity index is 2.34. The minimum atomic E-state index is -1.13. The zero-order valence-corrected chi connectivity index (χ0v) is 10.5. The third kappa shape index (κ3) is 1.90. The second-order valence-electron chi connectivity index (χ2n) is 4.23. The molecule has 1 heterocycles. The molecule has 1 N–H and O–H groups in total. The van der Waals surface area contributed by atoms with Gasteiger partial charge in [-0.25, -0.2) is 13.9 Å². The summed E-state index contributed by atoms with van der Waals surface area (Å²) >= 11 is 0. The van der Waals surface area contributed by atoms with Crippen molar-refractivity contribution in [2.75, 3.05) is 0 Å². The molecule has 2 aromatic carbocycles. The zero-order chi connectivity index (χ0) is 15.0. The third-order valence-corrected chi connectivity index (χ3v) is 3.04. The molecule has 21 heavy (non-hydrogen) atoms. The van der Waals surface area contributed by atoms with Gasteiger partial charge in [0.1, 0.15) is 23.0 Å². The van der Waals surface area contributed by atoms with Crippen LogP contribution in [-0.2, 0) is 0 Å². The van der Waals surface area contributed by atoms with Gasteiger partial charge < -0.3 is 5.11 Å². The van der Waals surface area contributed by atoms with Crippen LogP contribution >= 0.6 is 0 Å². The van der Waals surface area contributed by atoms with Crippen molar-refractivity contribution in [3.8, 4) is 11.8 Å². The predicted molar refractivity (Wildman–Crippen MR) is 70.5 cm³/mol. The molecule has 0 bridgehead atoms. The van der Waals surface area contributed by atoms with Gasteiger partial charge in [0.25, 0.3) is 0 Å². The SMILES string of the molecule is N#Cc1c(F)cccc1-n1nnc2c(C(=O)O)cccc21. The highest BCUT2D eigenvalue weighted by Crippen LogP contribution is 2.23. The second-order valence-corrected chi connectivity index (χ2v) is 4.23. The van der Waals surface area contributed by atoms with E-state index >= 15 is 0 Å². The molecule has 0 aliphatic rings. The largest absolute Gasteiger partial charge is 0.478 e. The fourth-order valence-electron chi connectivity index (χ4n) is 2.10. The van der Waals surface area contributed by atoms with Gasteiger partial charge in [0.2, 0.25) is 0 Å². The van der Waals surface area contributed by atoms with E-state index in [4.69, 9.17) is 10.4 Å². The van der Waals surface area contributed by atoms with Crippen molar-refractivity contribution in [2.45, 2.75) is 0 Å². The summed E-state index contributed by atoms with van der Waals surface area (Å²) in [5, 5.41) is 25.9. The fourth-order valence-corrected chi connectivity index (χ4v) is 2.10. The van der Waals surface area contributed by atoms with Crippen LogP contribution in [0, 0.1) is 17.1 Å².